The van der Waals surface area contributed by atoms with Gasteiger partial charge < -0.3 is 9.84 Å². The van der Waals surface area contributed by atoms with E-state index in [1.54, 1.807) is 7.11 Å². The van der Waals surface area contributed by atoms with Crippen LogP contribution >= 0.6 is 11.6 Å². The van der Waals surface area contributed by atoms with Crippen molar-refractivity contribution in [2.75, 3.05) is 7.11 Å². The van der Waals surface area contributed by atoms with E-state index in [0.717, 1.165) is 47.4 Å². The lowest BCUT2D eigenvalue weighted by Crippen LogP contribution is -2.27. The third-order valence-corrected chi connectivity index (χ3v) is 6.86. The van der Waals surface area contributed by atoms with Crippen molar-refractivity contribution in [1.29, 1.82) is 0 Å². The van der Waals surface area contributed by atoms with Gasteiger partial charge in [-0.1, -0.05) is 24.6 Å². The molecule has 0 radical (unpaired) electrons. The van der Waals surface area contributed by atoms with Gasteiger partial charge in [0.15, 0.2) is 0 Å². The number of methoxy groups -OCH3 is 1. The van der Waals surface area contributed by atoms with E-state index in [0.29, 0.717) is 5.92 Å². The molecule has 0 unspecified atom stereocenters. The van der Waals surface area contributed by atoms with Crippen LogP contribution in [0, 0.1) is 19.3 Å². The van der Waals surface area contributed by atoms with E-state index in [-0.39, 0.29) is 11.5 Å². The Morgan fingerprint density at radius 3 is 2.75 bits per heavy atom. The number of ether oxygens (including phenoxy) is 1. The molecule has 3 heteroatoms. The Balaban J connectivity index is 2.03. The fraction of sp³-hybridized carbons (Fsp3) is 0.524. The fourth-order valence-electron chi connectivity index (χ4n) is 5.17. The second kappa shape index (κ2) is 5.37. The standard InChI is InChI=1S/C21H25ClO2/c1-11-7-16-14-5-6-21(3)10-13(23)8-17(21)15(14)9-18(22)19(16)20(24-4)12(11)2/h7,9,13,17,23H,5-6,8,10H2,1-4H3/t13-,17+,21-/m0/s1. The largest absolute Gasteiger partial charge is 0.496 e. The van der Waals surface area contributed by atoms with Gasteiger partial charge in [-0.05, 0) is 84.6 Å². The maximum Gasteiger partial charge on any atom is 0.131 e. The van der Waals surface area contributed by atoms with Gasteiger partial charge in [0.25, 0.3) is 0 Å². The highest BCUT2D eigenvalue weighted by Crippen LogP contribution is 2.57. The van der Waals surface area contributed by atoms with Crippen LogP contribution in [0.4, 0.5) is 0 Å². The highest BCUT2D eigenvalue weighted by atomic mass is 35.5. The lowest BCUT2D eigenvalue weighted by Gasteiger charge is -2.38. The van der Waals surface area contributed by atoms with Gasteiger partial charge in [-0.3, -0.25) is 0 Å². The normalized spacial score (nSPS) is 28.8. The molecule has 2 aromatic rings. The topological polar surface area (TPSA) is 29.5 Å². The van der Waals surface area contributed by atoms with Crippen LogP contribution in [0.1, 0.15) is 54.4 Å². The number of aryl methyl sites for hydroxylation is 2. The van der Waals surface area contributed by atoms with E-state index < -0.39 is 0 Å². The number of benzene rings is 2. The summed E-state index contributed by atoms with van der Waals surface area (Å²) in [5, 5.41) is 13.3. The van der Waals surface area contributed by atoms with Gasteiger partial charge >= 0.3 is 0 Å². The molecule has 1 N–H and O–H groups in total. The number of hydrogen-bond donors (Lipinski definition) is 1. The number of fused-ring (bicyclic) bond motifs is 5. The van der Waals surface area contributed by atoms with Gasteiger partial charge in [-0.15, -0.1) is 0 Å². The molecule has 24 heavy (non-hydrogen) atoms. The summed E-state index contributed by atoms with van der Waals surface area (Å²) in [7, 11) is 1.72. The van der Waals surface area contributed by atoms with Crippen LogP contribution in [0.5, 0.6) is 5.75 Å². The van der Waals surface area contributed by atoms with Crippen LogP contribution in [-0.4, -0.2) is 18.3 Å². The second-order valence-corrected chi connectivity index (χ2v) is 8.41. The summed E-state index contributed by atoms with van der Waals surface area (Å²) >= 11 is 6.73. The zero-order chi connectivity index (χ0) is 17.2. The Bertz CT molecular complexity index is 842. The van der Waals surface area contributed by atoms with E-state index in [4.69, 9.17) is 16.3 Å². The van der Waals surface area contributed by atoms with Gasteiger partial charge in [0.2, 0.25) is 0 Å². The quantitative estimate of drug-likeness (QED) is 0.759. The molecule has 0 spiro atoms. The van der Waals surface area contributed by atoms with Gasteiger partial charge in [0.1, 0.15) is 5.75 Å². The van der Waals surface area contributed by atoms with E-state index in [9.17, 15) is 5.11 Å². The average Bonchev–Trinajstić information content (AvgIpc) is 2.84. The lowest BCUT2D eigenvalue weighted by atomic mass is 9.66. The van der Waals surface area contributed by atoms with Crippen molar-refractivity contribution in [2.45, 2.75) is 58.5 Å². The zero-order valence-corrected chi connectivity index (χ0v) is 15.6. The van der Waals surface area contributed by atoms with Crippen LogP contribution in [0.3, 0.4) is 0 Å². The van der Waals surface area contributed by atoms with Crippen LogP contribution in [0.15, 0.2) is 12.1 Å². The SMILES string of the molecule is COc1c(C)c(C)cc2c3c(cc(Cl)c12)[C@H]1C[C@H](O)C[C@]1(C)CC3. The molecule has 4 rings (SSSR count). The summed E-state index contributed by atoms with van der Waals surface area (Å²) in [5.41, 5.74) is 5.36. The highest BCUT2D eigenvalue weighted by molar-refractivity contribution is 6.36. The molecule has 2 aliphatic carbocycles. The van der Waals surface area contributed by atoms with Gasteiger partial charge in [0, 0.05) is 5.39 Å². The predicted molar refractivity (Wildman–Crippen MR) is 99.4 cm³/mol. The molecule has 2 nitrogen and oxygen atoms in total. The molecule has 2 aromatic carbocycles. The maximum absolute atomic E-state index is 10.2. The van der Waals surface area contributed by atoms with Crippen molar-refractivity contribution in [3.8, 4) is 5.75 Å². The molecule has 0 aliphatic heterocycles. The van der Waals surface area contributed by atoms with E-state index in [1.165, 1.54) is 22.1 Å². The Morgan fingerprint density at radius 1 is 1.29 bits per heavy atom. The number of aliphatic hydroxyl groups excluding tert-OH is 1. The summed E-state index contributed by atoms with van der Waals surface area (Å²) in [6.45, 7) is 6.56. The Hall–Kier alpha value is -1.25. The molecule has 0 saturated heterocycles. The summed E-state index contributed by atoms with van der Waals surface area (Å²) in [6.07, 6.45) is 3.76. The Kier molecular flexibility index (Phi) is 3.63. The van der Waals surface area contributed by atoms with Gasteiger partial charge in [0.05, 0.1) is 18.2 Å². The lowest BCUT2D eigenvalue weighted by molar-refractivity contribution is 0.159. The molecule has 0 bridgehead atoms. The van der Waals surface area contributed by atoms with Crippen molar-refractivity contribution in [1.82, 2.24) is 0 Å². The minimum absolute atomic E-state index is 0.185. The summed E-state index contributed by atoms with van der Waals surface area (Å²) in [4.78, 5) is 0. The molecule has 128 valence electrons. The second-order valence-electron chi connectivity index (χ2n) is 8.00. The summed E-state index contributed by atoms with van der Waals surface area (Å²) < 4.78 is 5.71. The van der Waals surface area contributed by atoms with Crippen molar-refractivity contribution in [2.24, 2.45) is 5.41 Å². The average molecular weight is 345 g/mol. The number of rotatable bonds is 1. The Labute approximate surface area is 148 Å². The van der Waals surface area contributed by atoms with Gasteiger partial charge in [-0.25, -0.2) is 0 Å². The predicted octanol–water partition coefficient (Wildman–Crippen LogP) is 5.31. The van der Waals surface area contributed by atoms with Crippen LogP contribution in [-0.2, 0) is 6.42 Å². The molecule has 1 fully saturated rings. The van der Waals surface area contributed by atoms with E-state index >= 15 is 0 Å². The van der Waals surface area contributed by atoms with Crippen molar-refractivity contribution in [3.05, 3.63) is 39.4 Å². The molecule has 0 heterocycles. The Morgan fingerprint density at radius 2 is 2.04 bits per heavy atom. The van der Waals surface area contributed by atoms with Crippen LogP contribution in [0.25, 0.3) is 10.8 Å². The van der Waals surface area contributed by atoms with Crippen molar-refractivity contribution < 1.29 is 9.84 Å². The smallest absolute Gasteiger partial charge is 0.131 e. The van der Waals surface area contributed by atoms with Crippen LogP contribution < -0.4 is 4.74 Å². The molecule has 2 aliphatic rings. The minimum Gasteiger partial charge on any atom is -0.496 e. The molecular weight excluding hydrogens is 320 g/mol. The minimum atomic E-state index is -0.185. The van der Waals surface area contributed by atoms with Crippen LogP contribution in [0.2, 0.25) is 5.02 Å². The first-order valence-corrected chi connectivity index (χ1v) is 9.20. The molecule has 3 atom stereocenters. The zero-order valence-electron chi connectivity index (χ0n) is 14.9. The molecule has 0 amide bonds. The number of hydrogen-bond acceptors (Lipinski definition) is 2. The van der Waals surface area contributed by atoms with Crippen molar-refractivity contribution in [3.63, 3.8) is 0 Å². The first-order valence-electron chi connectivity index (χ1n) is 8.83. The van der Waals surface area contributed by atoms with Gasteiger partial charge in [-0.2, -0.15) is 0 Å². The summed E-state index contributed by atoms with van der Waals surface area (Å²) in [5.74, 6) is 1.31. The molecular formula is C21H25ClO2. The summed E-state index contributed by atoms with van der Waals surface area (Å²) in [6, 6.07) is 4.42. The molecule has 0 aromatic heterocycles. The third-order valence-electron chi connectivity index (χ3n) is 6.56. The fourth-order valence-corrected chi connectivity index (χ4v) is 5.47. The first-order chi connectivity index (χ1) is 11.4. The first kappa shape index (κ1) is 16.2. The highest BCUT2D eigenvalue weighted by Gasteiger charge is 2.47. The number of aliphatic hydroxyl groups is 1. The van der Waals surface area contributed by atoms with E-state index in [1.807, 2.05) is 0 Å². The third kappa shape index (κ3) is 2.12. The van der Waals surface area contributed by atoms with Crippen molar-refractivity contribution >= 4 is 22.4 Å². The molecule has 1 saturated carbocycles. The number of halogens is 1. The monoisotopic (exact) mass is 344 g/mol. The maximum atomic E-state index is 10.2. The van der Waals surface area contributed by atoms with E-state index in [2.05, 4.69) is 32.9 Å².